The van der Waals surface area contributed by atoms with Gasteiger partial charge in [-0.05, 0) is 36.5 Å². The number of Topliss-reactive ketones (excluding diaryl/α,β-unsaturated/α-hetero) is 1. The molecule has 1 atom stereocenters. The number of benzene rings is 1. The van der Waals surface area contributed by atoms with Crippen LogP contribution in [0, 0.1) is 5.92 Å². The molecule has 1 saturated heterocycles. The number of piperidine rings is 1. The Kier molecular flexibility index (Phi) is 4.60. The van der Waals surface area contributed by atoms with Crippen LogP contribution < -0.4 is 4.90 Å². The van der Waals surface area contributed by atoms with Gasteiger partial charge in [0.05, 0.1) is 11.7 Å². The summed E-state index contributed by atoms with van der Waals surface area (Å²) in [5.74, 6) is -1.15. The number of aromatic amines is 1. The van der Waals surface area contributed by atoms with Gasteiger partial charge in [-0.2, -0.15) is 23.3 Å². The summed E-state index contributed by atoms with van der Waals surface area (Å²) < 4.78 is 45.8. The maximum absolute atomic E-state index is 13.5. The number of hydrogen-bond acceptors (Lipinski definition) is 5. The number of alkyl halides is 3. The van der Waals surface area contributed by atoms with E-state index in [9.17, 15) is 18.0 Å². The molecule has 9 heteroatoms. The molecule has 1 aromatic carbocycles. The summed E-state index contributed by atoms with van der Waals surface area (Å²) in [4.78, 5) is 18.0. The van der Waals surface area contributed by atoms with E-state index in [0.717, 1.165) is 23.7 Å². The fraction of sp³-hybridized carbons (Fsp3) is 0.421. The van der Waals surface area contributed by atoms with Crippen molar-refractivity contribution >= 4 is 22.7 Å². The largest absolute Gasteiger partial charge is 0.437 e. The second-order valence-corrected chi connectivity index (χ2v) is 7.26. The summed E-state index contributed by atoms with van der Waals surface area (Å²) in [7, 11) is 0. The van der Waals surface area contributed by atoms with E-state index in [0.29, 0.717) is 24.6 Å². The lowest BCUT2D eigenvalue weighted by atomic mass is 10.0. The van der Waals surface area contributed by atoms with Gasteiger partial charge in [-0.3, -0.25) is 9.89 Å². The zero-order chi connectivity index (χ0) is 19.9. The zero-order valence-electron chi connectivity index (χ0n) is 15.2. The molecule has 1 aliphatic rings. The minimum atomic E-state index is -4.76. The van der Waals surface area contributed by atoms with Crippen molar-refractivity contribution in [3.63, 3.8) is 0 Å². The zero-order valence-corrected chi connectivity index (χ0v) is 15.2. The maximum Gasteiger partial charge on any atom is 0.437 e. The third kappa shape index (κ3) is 3.61. The summed E-state index contributed by atoms with van der Waals surface area (Å²) in [6, 6.07) is 4.99. The lowest BCUT2D eigenvalue weighted by Gasteiger charge is -2.29. The number of carbonyl (C=O) groups is 1. The third-order valence-electron chi connectivity index (χ3n) is 4.93. The number of oxazole rings is 1. The Balaban J connectivity index is 1.63. The van der Waals surface area contributed by atoms with Crippen molar-refractivity contribution in [2.24, 2.45) is 5.92 Å². The van der Waals surface area contributed by atoms with Gasteiger partial charge in [0.2, 0.25) is 11.5 Å². The summed E-state index contributed by atoms with van der Waals surface area (Å²) >= 11 is 0. The Bertz CT molecular complexity index is 1010. The van der Waals surface area contributed by atoms with Gasteiger partial charge in [0.1, 0.15) is 0 Å². The van der Waals surface area contributed by atoms with Crippen molar-refractivity contribution in [2.45, 2.75) is 32.4 Å². The highest BCUT2D eigenvalue weighted by molar-refractivity contribution is 5.97. The number of ketones is 1. The highest BCUT2D eigenvalue weighted by Crippen LogP contribution is 2.35. The Morgan fingerprint density at radius 3 is 2.96 bits per heavy atom. The second-order valence-electron chi connectivity index (χ2n) is 7.26. The molecule has 0 radical (unpaired) electrons. The molecule has 148 valence electrons. The Labute approximate surface area is 158 Å². The van der Waals surface area contributed by atoms with Crippen LogP contribution in [0.4, 0.5) is 19.2 Å². The molecule has 4 rings (SSSR count). The first-order valence-corrected chi connectivity index (χ1v) is 9.09. The lowest BCUT2D eigenvalue weighted by molar-refractivity contribution is -0.141. The maximum atomic E-state index is 13.5. The van der Waals surface area contributed by atoms with E-state index in [1.807, 2.05) is 6.92 Å². The minimum absolute atomic E-state index is 0.132. The quantitative estimate of drug-likeness (QED) is 0.673. The summed E-state index contributed by atoms with van der Waals surface area (Å²) in [6.45, 7) is 3.15. The van der Waals surface area contributed by atoms with Crippen molar-refractivity contribution < 1.29 is 22.4 Å². The van der Waals surface area contributed by atoms with Gasteiger partial charge in [-0.1, -0.05) is 13.0 Å². The van der Waals surface area contributed by atoms with E-state index < -0.39 is 23.4 Å². The number of rotatable bonds is 4. The molecule has 2 aromatic heterocycles. The summed E-state index contributed by atoms with van der Waals surface area (Å²) in [6.07, 6.45) is -1.53. The van der Waals surface area contributed by atoms with Crippen LogP contribution in [0.15, 0.2) is 28.8 Å². The molecule has 0 bridgehead atoms. The van der Waals surface area contributed by atoms with E-state index in [1.54, 1.807) is 29.3 Å². The molecular weight excluding hydrogens is 373 g/mol. The first-order valence-electron chi connectivity index (χ1n) is 9.09. The van der Waals surface area contributed by atoms with Gasteiger partial charge in [-0.25, -0.2) is 0 Å². The first-order chi connectivity index (χ1) is 13.3. The highest BCUT2D eigenvalue weighted by Gasteiger charge is 2.42. The Morgan fingerprint density at radius 2 is 2.21 bits per heavy atom. The van der Waals surface area contributed by atoms with E-state index in [4.69, 9.17) is 4.42 Å². The van der Waals surface area contributed by atoms with Gasteiger partial charge in [0, 0.05) is 24.9 Å². The molecule has 1 N–H and O–H groups in total. The van der Waals surface area contributed by atoms with Crippen LogP contribution in [0.2, 0.25) is 0 Å². The number of nitrogens with zero attached hydrogens (tertiary/aromatic N) is 3. The average Bonchev–Trinajstić information content (AvgIpc) is 3.28. The monoisotopic (exact) mass is 392 g/mol. The van der Waals surface area contributed by atoms with E-state index in [1.165, 1.54) is 0 Å². The lowest BCUT2D eigenvalue weighted by Crippen LogP contribution is -2.34. The molecule has 28 heavy (non-hydrogen) atoms. The highest BCUT2D eigenvalue weighted by atomic mass is 19.4. The number of fused-ring (bicyclic) bond motifs is 1. The molecule has 3 aromatic rings. The fourth-order valence-electron chi connectivity index (χ4n) is 3.56. The predicted molar refractivity (Wildman–Crippen MR) is 96.2 cm³/mol. The Hall–Kier alpha value is -2.84. The molecule has 6 nitrogen and oxygen atoms in total. The summed E-state index contributed by atoms with van der Waals surface area (Å²) in [5.41, 5.74) is 0.111. The van der Waals surface area contributed by atoms with Crippen molar-refractivity contribution in [3.8, 4) is 0 Å². The average molecular weight is 392 g/mol. The van der Waals surface area contributed by atoms with E-state index >= 15 is 0 Å². The van der Waals surface area contributed by atoms with Crippen molar-refractivity contribution in [1.82, 2.24) is 15.2 Å². The molecule has 1 fully saturated rings. The van der Waals surface area contributed by atoms with Crippen LogP contribution in [-0.4, -0.2) is 34.1 Å². The smallest absolute Gasteiger partial charge is 0.420 e. The Morgan fingerprint density at radius 1 is 1.39 bits per heavy atom. The SMILES string of the molecule is CC1CCCN(c2nc(C(F)(F)F)c(C(=O)Cc3ccc4[nH]ncc4c3)o2)C1. The predicted octanol–water partition coefficient (Wildman–Crippen LogP) is 4.23. The number of carbonyl (C=O) groups excluding carboxylic acids is 1. The first kappa shape index (κ1) is 18.5. The number of hydrogen-bond donors (Lipinski definition) is 1. The van der Waals surface area contributed by atoms with Gasteiger partial charge in [0.25, 0.3) is 6.01 Å². The van der Waals surface area contributed by atoms with E-state index in [-0.39, 0.29) is 12.4 Å². The van der Waals surface area contributed by atoms with Crippen LogP contribution in [0.3, 0.4) is 0 Å². The molecule has 0 saturated carbocycles. The second kappa shape index (κ2) is 6.96. The standard InChI is InChI=1S/C19H19F3N4O2/c1-11-3-2-6-26(10-11)18-24-17(19(20,21)22)16(28-18)15(27)8-12-4-5-14-13(7-12)9-23-25-14/h4-5,7,9,11H,2-3,6,8,10H2,1H3,(H,23,25). The van der Waals surface area contributed by atoms with Crippen LogP contribution in [0.25, 0.3) is 10.9 Å². The topological polar surface area (TPSA) is 75.0 Å². The minimum Gasteiger partial charge on any atom is -0.420 e. The molecule has 1 aliphatic heterocycles. The van der Waals surface area contributed by atoms with Gasteiger partial charge >= 0.3 is 6.18 Å². The van der Waals surface area contributed by atoms with Gasteiger partial charge in [-0.15, -0.1) is 0 Å². The van der Waals surface area contributed by atoms with Crippen molar-refractivity contribution in [3.05, 3.63) is 41.4 Å². The van der Waals surface area contributed by atoms with Crippen molar-refractivity contribution in [2.75, 3.05) is 18.0 Å². The molecule has 0 spiro atoms. The van der Waals surface area contributed by atoms with Crippen LogP contribution in [0.5, 0.6) is 0 Å². The van der Waals surface area contributed by atoms with Gasteiger partial charge < -0.3 is 9.32 Å². The molecule has 0 amide bonds. The number of aromatic nitrogens is 3. The number of halogens is 3. The van der Waals surface area contributed by atoms with E-state index in [2.05, 4.69) is 15.2 Å². The summed E-state index contributed by atoms with van der Waals surface area (Å²) in [5, 5.41) is 7.46. The molecule has 3 heterocycles. The molecule has 1 unspecified atom stereocenters. The van der Waals surface area contributed by atoms with Crippen molar-refractivity contribution in [1.29, 1.82) is 0 Å². The third-order valence-corrected chi connectivity index (χ3v) is 4.93. The number of anilines is 1. The van der Waals surface area contributed by atoms with Crippen LogP contribution in [0.1, 0.15) is 41.6 Å². The number of H-pyrrole nitrogens is 1. The van der Waals surface area contributed by atoms with Crippen LogP contribution in [-0.2, 0) is 12.6 Å². The van der Waals surface area contributed by atoms with Crippen LogP contribution >= 0.6 is 0 Å². The van der Waals surface area contributed by atoms with Gasteiger partial charge in [0.15, 0.2) is 5.69 Å². The normalized spacial score (nSPS) is 18.0. The number of nitrogens with one attached hydrogen (secondary N) is 1. The fourth-order valence-corrected chi connectivity index (χ4v) is 3.56. The molecular formula is C19H19F3N4O2. The molecule has 0 aliphatic carbocycles.